The Labute approximate surface area is 143 Å². The summed E-state index contributed by atoms with van der Waals surface area (Å²) in [7, 11) is -0.634. The first-order chi connectivity index (χ1) is 6.88. The SMILES string of the molecule is CN(C)c1ccc(/N=N/S(=O)(=O)O)cc1.[NaH].[PbH2]. The van der Waals surface area contributed by atoms with Crippen molar-refractivity contribution in [1.29, 1.82) is 0 Å². The number of anilines is 1. The maximum absolute atomic E-state index is 10.3. The summed E-state index contributed by atoms with van der Waals surface area (Å²) >= 11 is 0. The molecule has 0 spiro atoms. The fourth-order valence-corrected chi connectivity index (χ4v) is 1.11. The third-order valence-corrected chi connectivity index (χ3v) is 1.91. The zero-order valence-electron chi connectivity index (χ0n) is 9.03. The molecule has 1 N–H and O–H groups in total. The number of hydrogen-bond acceptors (Lipinski definition) is 4. The van der Waals surface area contributed by atoms with Gasteiger partial charge in [-0.1, -0.05) is 0 Å². The summed E-state index contributed by atoms with van der Waals surface area (Å²) in [5.74, 6) is 0. The van der Waals surface area contributed by atoms with Gasteiger partial charge in [0.15, 0.2) is 0 Å². The molecule has 0 heterocycles. The predicted octanol–water partition coefficient (Wildman–Crippen LogP) is 0.0744. The molecule has 0 aliphatic rings. The van der Waals surface area contributed by atoms with E-state index < -0.39 is 10.3 Å². The number of rotatable bonds is 3. The van der Waals surface area contributed by atoms with Crippen molar-refractivity contribution < 1.29 is 13.0 Å². The Hall–Kier alpha value is 0.452. The Morgan fingerprint density at radius 3 is 2.00 bits per heavy atom. The molecule has 1 aromatic rings. The first-order valence-corrected chi connectivity index (χ1v) is 5.46. The molecule has 0 amide bonds. The molecule has 90 valence electrons. The van der Waals surface area contributed by atoms with Crippen LogP contribution in [-0.2, 0) is 10.3 Å². The molecular weight excluding hydrogens is 448 g/mol. The average Bonchev–Trinajstić information content (AvgIpc) is 2.14. The zero-order chi connectivity index (χ0) is 11.5. The summed E-state index contributed by atoms with van der Waals surface area (Å²) in [6.45, 7) is 0. The molecule has 0 fully saturated rings. The molecule has 0 aliphatic heterocycles. The summed E-state index contributed by atoms with van der Waals surface area (Å²) < 4.78 is 31.6. The molecule has 9 heteroatoms. The van der Waals surface area contributed by atoms with Crippen molar-refractivity contribution in [2.24, 2.45) is 9.63 Å². The second-order valence-corrected chi connectivity index (χ2v) is 4.10. The second kappa shape index (κ2) is 8.54. The van der Waals surface area contributed by atoms with Gasteiger partial charge in [0.1, 0.15) is 0 Å². The number of nitrogens with zero attached hydrogens (tertiary/aromatic N) is 3. The third-order valence-electron chi connectivity index (χ3n) is 1.63. The standard InChI is InChI=1S/C8H11N3O3S.Na.Pb.3H/c1-11(2)8-5-3-7(4-6-8)9-10-15(12,13)14;;;;;/h3-6H,1-2H3,(H,12,13,14);;;;;/b10-9+;;;;;. The fourth-order valence-electron chi connectivity index (χ4n) is 0.916. The molecular formula is C8H14N3NaO3PbS. The molecule has 17 heavy (non-hydrogen) atoms. The van der Waals surface area contributed by atoms with Gasteiger partial charge in [0, 0.05) is 19.8 Å². The van der Waals surface area contributed by atoms with Crippen LogP contribution >= 0.6 is 0 Å². The molecule has 0 aromatic heterocycles. The second-order valence-electron chi connectivity index (χ2n) is 3.04. The van der Waals surface area contributed by atoms with E-state index in [2.05, 4.69) is 9.63 Å². The molecule has 1 rings (SSSR count). The predicted molar refractivity (Wildman–Crippen MR) is 72.5 cm³/mol. The number of hydrogen-bond donors (Lipinski definition) is 1. The van der Waals surface area contributed by atoms with Crippen LogP contribution in [0.5, 0.6) is 0 Å². The summed E-state index contributed by atoms with van der Waals surface area (Å²) in [5.41, 5.74) is 1.32. The van der Waals surface area contributed by atoms with Gasteiger partial charge in [-0.05, 0) is 28.8 Å². The molecule has 0 bridgehead atoms. The average molecular weight is 462 g/mol. The van der Waals surface area contributed by atoms with E-state index in [0.717, 1.165) is 5.69 Å². The van der Waals surface area contributed by atoms with Crippen LogP contribution in [0.1, 0.15) is 0 Å². The molecule has 0 saturated carbocycles. The maximum atomic E-state index is 10.3. The van der Waals surface area contributed by atoms with Gasteiger partial charge in [0.25, 0.3) is 0 Å². The number of benzene rings is 1. The summed E-state index contributed by atoms with van der Waals surface area (Å²) in [6.07, 6.45) is 0. The molecule has 0 unspecified atom stereocenters. The van der Waals surface area contributed by atoms with E-state index in [1.165, 1.54) is 0 Å². The zero-order valence-corrected chi connectivity index (χ0v) is 15.3. The summed E-state index contributed by atoms with van der Waals surface area (Å²) in [6, 6.07) is 6.73. The van der Waals surface area contributed by atoms with Crippen LogP contribution in [0.3, 0.4) is 0 Å². The van der Waals surface area contributed by atoms with Crippen LogP contribution < -0.4 is 4.90 Å². The van der Waals surface area contributed by atoms with Crippen molar-refractivity contribution in [2.45, 2.75) is 0 Å². The normalized spacial score (nSPS) is 10.5. The Morgan fingerprint density at radius 1 is 1.18 bits per heavy atom. The van der Waals surface area contributed by atoms with Crippen LogP contribution in [0.15, 0.2) is 33.9 Å². The first-order valence-electron chi connectivity index (χ1n) is 4.06. The summed E-state index contributed by atoms with van der Waals surface area (Å²) in [4.78, 5) is 1.89. The minimum absolute atomic E-state index is 0. The molecule has 2 radical (unpaired) electrons. The van der Waals surface area contributed by atoms with Gasteiger partial charge in [-0.25, -0.2) is 0 Å². The van der Waals surface area contributed by atoms with Crippen molar-refractivity contribution in [1.82, 2.24) is 0 Å². The fraction of sp³-hybridized carbons (Fsp3) is 0.250. The minimum atomic E-state index is -4.40. The van der Waals surface area contributed by atoms with E-state index in [4.69, 9.17) is 4.55 Å². The van der Waals surface area contributed by atoms with Gasteiger partial charge < -0.3 is 4.90 Å². The van der Waals surface area contributed by atoms with Crippen LogP contribution in [0, 0.1) is 0 Å². The van der Waals surface area contributed by atoms with E-state index in [1.807, 2.05) is 19.0 Å². The van der Waals surface area contributed by atoms with E-state index in [0.29, 0.717) is 5.69 Å². The third kappa shape index (κ3) is 8.21. The van der Waals surface area contributed by atoms with Crippen LogP contribution in [-0.4, -0.2) is 83.9 Å². The van der Waals surface area contributed by atoms with E-state index in [-0.39, 0.29) is 56.9 Å². The topological polar surface area (TPSA) is 82.3 Å². The van der Waals surface area contributed by atoms with Crippen molar-refractivity contribution in [3.63, 3.8) is 0 Å². The van der Waals surface area contributed by atoms with Crippen molar-refractivity contribution in [2.75, 3.05) is 19.0 Å². The molecule has 1 aromatic carbocycles. The first kappa shape index (κ1) is 19.8. The van der Waals surface area contributed by atoms with Crippen molar-refractivity contribution in [3.8, 4) is 0 Å². The molecule has 0 aliphatic carbocycles. The Kier molecular flexibility index (Phi) is 9.93. The Bertz CT molecular complexity index is 461. The molecule has 0 saturated heterocycles. The van der Waals surface area contributed by atoms with Crippen LogP contribution in [0.25, 0.3) is 0 Å². The van der Waals surface area contributed by atoms with E-state index >= 15 is 0 Å². The van der Waals surface area contributed by atoms with Crippen molar-refractivity contribution in [3.05, 3.63) is 24.3 Å². The van der Waals surface area contributed by atoms with Crippen LogP contribution in [0.4, 0.5) is 11.4 Å². The van der Waals surface area contributed by atoms with Gasteiger partial charge >= 0.3 is 67.2 Å². The van der Waals surface area contributed by atoms with Gasteiger partial charge in [-0.3, -0.25) is 4.55 Å². The quantitative estimate of drug-likeness (QED) is 0.392. The van der Waals surface area contributed by atoms with Gasteiger partial charge in [0.2, 0.25) is 0 Å². The Morgan fingerprint density at radius 2 is 1.65 bits per heavy atom. The Balaban J connectivity index is 0. The van der Waals surface area contributed by atoms with E-state index in [9.17, 15) is 8.42 Å². The van der Waals surface area contributed by atoms with E-state index in [1.54, 1.807) is 24.3 Å². The van der Waals surface area contributed by atoms with Gasteiger partial charge in [0.05, 0.1) is 5.69 Å². The van der Waals surface area contributed by atoms with Gasteiger partial charge in [-0.15, -0.1) is 5.11 Å². The van der Waals surface area contributed by atoms with Crippen molar-refractivity contribution >= 4 is 78.5 Å². The molecule has 0 atom stereocenters. The van der Waals surface area contributed by atoms with Crippen LogP contribution in [0.2, 0.25) is 0 Å². The molecule has 6 nitrogen and oxygen atoms in total. The van der Waals surface area contributed by atoms with Gasteiger partial charge in [-0.2, -0.15) is 8.42 Å². The summed E-state index contributed by atoms with van der Waals surface area (Å²) in [5, 5.41) is 3.35. The monoisotopic (exact) mass is 463 g/mol.